The minimum Gasteiger partial charge on any atom is -0.496 e. The standard InChI is InChI=1S/C12H16FNO3/c1-16-7-9-10(13)4-3-8(12(9)17-2)11(15)5-6-14/h3-4H,5-7,14H2,1-2H3. The van der Waals surface area contributed by atoms with E-state index in [1.54, 1.807) is 0 Å². The smallest absolute Gasteiger partial charge is 0.167 e. The molecule has 1 aromatic rings. The van der Waals surface area contributed by atoms with Crippen molar-refractivity contribution in [2.24, 2.45) is 5.73 Å². The molecule has 0 fully saturated rings. The molecular formula is C12H16FNO3. The van der Waals surface area contributed by atoms with Gasteiger partial charge in [0.1, 0.15) is 11.6 Å². The van der Waals surface area contributed by atoms with Crippen molar-refractivity contribution in [2.75, 3.05) is 20.8 Å². The number of hydrogen-bond acceptors (Lipinski definition) is 4. The number of methoxy groups -OCH3 is 2. The molecule has 0 atom stereocenters. The zero-order valence-electron chi connectivity index (χ0n) is 9.96. The Morgan fingerprint density at radius 1 is 1.41 bits per heavy atom. The average Bonchev–Trinajstić information content (AvgIpc) is 2.32. The minimum atomic E-state index is -0.451. The highest BCUT2D eigenvalue weighted by atomic mass is 19.1. The van der Waals surface area contributed by atoms with E-state index in [2.05, 4.69) is 0 Å². The maximum absolute atomic E-state index is 13.6. The Morgan fingerprint density at radius 2 is 2.12 bits per heavy atom. The number of ketones is 1. The molecular weight excluding hydrogens is 225 g/mol. The average molecular weight is 241 g/mol. The van der Waals surface area contributed by atoms with Crippen molar-refractivity contribution in [1.29, 1.82) is 0 Å². The molecule has 5 heteroatoms. The molecule has 0 saturated carbocycles. The summed E-state index contributed by atoms with van der Waals surface area (Å²) in [7, 11) is 2.85. The second-order valence-corrected chi connectivity index (χ2v) is 3.50. The zero-order chi connectivity index (χ0) is 12.8. The second-order valence-electron chi connectivity index (χ2n) is 3.50. The number of hydrogen-bond donors (Lipinski definition) is 1. The Labute approximate surface area is 99.5 Å². The largest absolute Gasteiger partial charge is 0.496 e. The Kier molecular flexibility index (Phi) is 5.06. The summed E-state index contributed by atoms with van der Waals surface area (Å²) in [6, 6.07) is 2.64. The Balaban J connectivity index is 3.22. The number of Topliss-reactive ketones (excluding diaryl/α,β-unsaturated/α-hetero) is 1. The van der Waals surface area contributed by atoms with E-state index in [0.717, 1.165) is 0 Å². The molecule has 0 amide bonds. The molecule has 2 N–H and O–H groups in total. The SMILES string of the molecule is COCc1c(F)ccc(C(=O)CCN)c1OC. The van der Waals surface area contributed by atoms with Crippen molar-refractivity contribution in [3.8, 4) is 5.75 Å². The predicted octanol–water partition coefficient (Wildman–Crippen LogP) is 1.51. The van der Waals surface area contributed by atoms with Gasteiger partial charge >= 0.3 is 0 Å². The lowest BCUT2D eigenvalue weighted by molar-refractivity contribution is 0.0981. The van der Waals surface area contributed by atoms with Gasteiger partial charge in [0.2, 0.25) is 0 Å². The summed E-state index contributed by atoms with van der Waals surface area (Å²) in [6.45, 7) is 0.303. The summed E-state index contributed by atoms with van der Waals surface area (Å²) >= 11 is 0. The minimum absolute atomic E-state index is 0.0543. The van der Waals surface area contributed by atoms with E-state index in [1.807, 2.05) is 0 Å². The van der Waals surface area contributed by atoms with Gasteiger partial charge in [-0.2, -0.15) is 0 Å². The third-order valence-corrected chi connectivity index (χ3v) is 2.37. The predicted molar refractivity (Wildman–Crippen MR) is 61.7 cm³/mol. The first kappa shape index (κ1) is 13.6. The van der Waals surface area contributed by atoms with Crippen molar-refractivity contribution < 1.29 is 18.7 Å². The van der Waals surface area contributed by atoms with Crippen LogP contribution in [0.5, 0.6) is 5.75 Å². The van der Waals surface area contributed by atoms with Gasteiger partial charge in [-0.1, -0.05) is 0 Å². The van der Waals surface area contributed by atoms with Gasteiger partial charge in [0.25, 0.3) is 0 Å². The third-order valence-electron chi connectivity index (χ3n) is 2.37. The van der Waals surface area contributed by atoms with Crippen LogP contribution in [0, 0.1) is 5.82 Å². The summed E-state index contributed by atoms with van der Waals surface area (Å²) in [4.78, 5) is 11.8. The van der Waals surface area contributed by atoms with Gasteiger partial charge < -0.3 is 15.2 Å². The van der Waals surface area contributed by atoms with Gasteiger partial charge in [-0.3, -0.25) is 4.79 Å². The molecule has 0 aromatic heterocycles. The van der Waals surface area contributed by atoms with Crippen LogP contribution in [0.4, 0.5) is 4.39 Å². The molecule has 0 aliphatic carbocycles. The molecule has 0 aliphatic rings. The molecule has 0 saturated heterocycles. The molecule has 0 spiro atoms. The molecule has 0 heterocycles. The molecule has 1 rings (SSSR count). The molecule has 0 aliphatic heterocycles. The van der Waals surface area contributed by atoms with Crippen LogP contribution in [-0.2, 0) is 11.3 Å². The van der Waals surface area contributed by atoms with E-state index in [4.69, 9.17) is 15.2 Å². The lowest BCUT2D eigenvalue weighted by atomic mass is 10.0. The lowest BCUT2D eigenvalue weighted by Gasteiger charge is -2.13. The summed E-state index contributed by atoms with van der Waals surface area (Å²) in [5, 5.41) is 0. The number of carbonyl (C=O) groups excluding carboxylic acids is 1. The van der Waals surface area contributed by atoms with Crippen LogP contribution in [-0.4, -0.2) is 26.5 Å². The quantitative estimate of drug-likeness (QED) is 0.767. The monoisotopic (exact) mass is 241 g/mol. The summed E-state index contributed by atoms with van der Waals surface area (Å²) in [5.74, 6) is -0.389. The zero-order valence-corrected chi connectivity index (χ0v) is 9.96. The highest BCUT2D eigenvalue weighted by Crippen LogP contribution is 2.28. The van der Waals surface area contributed by atoms with E-state index >= 15 is 0 Å². The maximum Gasteiger partial charge on any atom is 0.167 e. The van der Waals surface area contributed by atoms with Crippen LogP contribution in [0.25, 0.3) is 0 Å². The number of halogens is 1. The lowest BCUT2D eigenvalue weighted by Crippen LogP contribution is -2.11. The fourth-order valence-corrected chi connectivity index (χ4v) is 1.60. The van der Waals surface area contributed by atoms with Gasteiger partial charge in [0.05, 0.1) is 24.8 Å². The summed E-state index contributed by atoms with van der Waals surface area (Å²) in [5.41, 5.74) is 5.91. The van der Waals surface area contributed by atoms with Crippen LogP contribution >= 0.6 is 0 Å². The highest BCUT2D eigenvalue weighted by Gasteiger charge is 2.18. The van der Waals surface area contributed by atoms with Gasteiger partial charge in [0, 0.05) is 13.5 Å². The fourth-order valence-electron chi connectivity index (χ4n) is 1.60. The molecule has 0 bridgehead atoms. The number of carbonyl (C=O) groups is 1. The second kappa shape index (κ2) is 6.32. The van der Waals surface area contributed by atoms with Crippen molar-refractivity contribution in [1.82, 2.24) is 0 Å². The Bertz CT molecular complexity index is 407. The summed E-state index contributed by atoms with van der Waals surface area (Å²) in [6.07, 6.45) is 0.203. The van der Waals surface area contributed by atoms with Gasteiger partial charge in [-0.15, -0.1) is 0 Å². The first-order valence-corrected chi connectivity index (χ1v) is 5.23. The fraction of sp³-hybridized carbons (Fsp3) is 0.417. The van der Waals surface area contributed by atoms with Crippen LogP contribution in [0.15, 0.2) is 12.1 Å². The third kappa shape index (κ3) is 3.01. The molecule has 17 heavy (non-hydrogen) atoms. The molecule has 1 aromatic carbocycles. The van der Waals surface area contributed by atoms with E-state index in [1.165, 1.54) is 26.4 Å². The molecule has 0 radical (unpaired) electrons. The molecule has 94 valence electrons. The molecule has 4 nitrogen and oxygen atoms in total. The van der Waals surface area contributed by atoms with Crippen LogP contribution in [0.3, 0.4) is 0 Å². The van der Waals surface area contributed by atoms with Crippen LogP contribution in [0.2, 0.25) is 0 Å². The first-order valence-electron chi connectivity index (χ1n) is 5.23. The van der Waals surface area contributed by atoms with Crippen molar-refractivity contribution in [2.45, 2.75) is 13.0 Å². The van der Waals surface area contributed by atoms with E-state index in [-0.39, 0.29) is 36.7 Å². The van der Waals surface area contributed by atoms with E-state index < -0.39 is 5.82 Å². The van der Waals surface area contributed by atoms with Crippen molar-refractivity contribution in [3.63, 3.8) is 0 Å². The first-order chi connectivity index (χ1) is 8.15. The highest BCUT2D eigenvalue weighted by molar-refractivity contribution is 5.99. The van der Waals surface area contributed by atoms with Crippen LogP contribution < -0.4 is 10.5 Å². The van der Waals surface area contributed by atoms with E-state index in [0.29, 0.717) is 5.56 Å². The normalized spacial score (nSPS) is 10.4. The molecule has 0 unspecified atom stereocenters. The van der Waals surface area contributed by atoms with E-state index in [9.17, 15) is 9.18 Å². The van der Waals surface area contributed by atoms with Gasteiger partial charge in [0.15, 0.2) is 5.78 Å². The van der Waals surface area contributed by atoms with Crippen molar-refractivity contribution in [3.05, 3.63) is 29.1 Å². The number of ether oxygens (including phenoxy) is 2. The number of nitrogens with two attached hydrogens (primary N) is 1. The van der Waals surface area contributed by atoms with Crippen molar-refractivity contribution >= 4 is 5.78 Å². The Hall–Kier alpha value is -1.46. The van der Waals surface area contributed by atoms with Gasteiger partial charge in [-0.25, -0.2) is 4.39 Å². The number of rotatable bonds is 6. The van der Waals surface area contributed by atoms with Crippen LogP contribution in [0.1, 0.15) is 22.3 Å². The number of benzene rings is 1. The Morgan fingerprint density at radius 3 is 2.65 bits per heavy atom. The topological polar surface area (TPSA) is 61.5 Å². The van der Waals surface area contributed by atoms with Gasteiger partial charge in [-0.05, 0) is 18.7 Å². The summed E-state index contributed by atoms with van der Waals surface area (Å²) < 4.78 is 23.5. The maximum atomic E-state index is 13.6.